The van der Waals surface area contributed by atoms with Gasteiger partial charge in [-0.3, -0.25) is 4.79 Å². The van der Waals surface area contributed by atoms with Crippen LogP contribution in [0.15, 0.2) is 95.6 Å². The van der Waals surface area contributed by atoms with Crippen molar-refractivity contribution >= 4 is 5.91 Å². The number of nitrogens with one attached hydrogen (secondary N) is 1. The smallest absolute Gasteiger partial charge is 0.251 e. The van der Waals surface area contributed by atoms with Gasteiger partial charge in [-0.2, -0.15) is 0 Å². The maximum absolute atomic E-state index is 12.7. The van der Waals surface area contributed by atoms with E-state index >= 15 is 0 Å². The van der Waals surface area contributed by atoms with E-state index in [1.165, 1.54) is 0 Å². The molecular weight excluding hydrogens is 572 g/mol. The van der Waals surface area contributed by atoms with E-state index < -0.39 is 0 Å². The number of nitrogens with two attached hydrogens (primary N) is 1. The number of hydrogen-bond donors (Lipinski definition) is 2. The molecule has 2 aromatic heterocycles. The number of nitrogens with zero attached hydrogens (tertiary/aromatic N) is 2. The average Bonchev–Trinajstić information content (AvgIpc) is 3.75. The first-order chi connectivity index (χ1) is 22.1. The Morgan fingerprint density at radius 2 is 1.47 bits per heavy atom. The van der Waals surface area contributed by atoms with E-state index in [0.717, 1.165) is 39.6 Å². The Labute approximate surface area is 262 Å². The number of carbonyl (C=O) groups excluding carboxylic acids is 1. The predicted molar refractivity (Wildman–Crippen MR) is 172 cm³/mol. The zero-order valence-corrected chi connectivity index (χ0v) is 25.5. The van der Waals surface area contributed by atoms with Crippen molar-refractivity contribution in [3.05, 3.63) is 102 Å². The van der Waals surface area contributed by atoms with E-state index in [-0.39, 0.29) is 5.91 Å². The highest BCUT2D eigenvalue weighted by Gasteiger charge is 2.23. The molecule has 0 atom stereocenters. The highest BCUT2D eigenvalue weighted by atomic mass is 16.5. The van der Waals surface area contributed by atoms with Crippen LogP contribution in [0.25, 0.3) is 34.1 Å². The number of carbonyl (C=O) groups is 1. The molecule has 5 aromatic rings. The first-order valence-electron chi connectivity index (χ1n) is 14.8. The summed E-state index contributed by atoms with van der Waals surface area (Å²) < 4.78 is 29.6. The number of furan rings is 1. The van der Waals surface area contributed by atoms with Gasteiger partial charge in [-0.1, -0.05) is 12.1 Å². The van der Waals surface area contributed by atoms with Crippen LogP contribution in [-0.4, -0.2) is 69.2 Å². The summed E-state index contributed by atoms with van der Waals surface area (Å²) in [6, 6.07) is 27.1. The number of benzene rings is 3. The third-order valence-corrected chi connectivity index (χ3v) is 7.16. The summed E-state index contributed by atoms with van der Waals surface area (Å²) in [6.07, 6.45) is 1.64. The Balaban J connectivity index is 1.41. The monoisotopic (exact) mass is 610 g/mol. The molecular formula is C35H38N4O6. The fourth-order valence-electron chi connectivity index (χ4n) is 4.88. The molecule has 45 heavy (non-hydrogen) atoms. The topological polar surface area (TPSA) is 123 Å². The van der Waals surface area contributed by atoms with Gasteiger partial charge < -0.3 is 39.0 Å². The third kappa shape index (κ3) is 7.98. The Kier molecular flexibility index (Phi) is 11.0. The Hall–Kier alpha value is -4.90. The molecule has 10 nitrogen and oxygen atoms in total. The standard InChI is InChI=1S/C35H38N4O6/c1-41-29-13-9-26(10-14-29)32-33(27-11-15-30(42-2)16-12-27)39(34(38-32)31-4-3-19-45-31)24-25-5-7-28(8-6-25)35(40)37-18-21-44-23-22-43-20-17-36/h3-16,19H,17-18,20-24,36H2,1-2H3,(H,37,40). The minimum atomic E-state index is -0.163. The van der Waals surface area contributed by atoms with Crippen molar-refractivity contribution in [1.29, 1.82) is 0 Å². The maximum Gasteiger partial charge on any atom is 0.251 e. The summed E-state index contributed by atoms with van der Waals surface area (Å²) in [5, 5.41) is 2.90. The van der Waals surface area contributed by atoms with Crippen LogP contribution >= 0.6 is 0 Å². The highest BCUT2D eigenvalue weighted by Crippen LogP contribution is 2.38. The number of amides is 1. The van der Waals surface area contributed by atoms with Crippen LogP contribution in [0.3, 0.4) is 0 Å². The molecule has 0 fully saturated rings. The highest BCUT2D eigenvalue weighted by molar-refractivity contribution is 5.94. The average molecular weight is 611 g/mol. The van der Waals surface area contributed by atoms with E-state index in [1.54, 1.807) is 20.5 Å². The summed E-state index contributed by atoms with van der Waals surface area (Å²) in [5.74, 6) is 2.70. The molecule has 0 unspecified atom stereocenters. The van der Waals surface area contributed by atoms with Crippen LogP contribution in [0.1, 0.15) is 15.9 Å². The van der Waals surface area contributed by atoms with E-state index in [9.17, 15) is 4.79 Å². The largest absolute Gasteiger partial charge is 0.497 e. The molecule has 0 aliphatic heterocycles. The lowest BCUT2D eigenvalue weighted by molar-refractivity contribution is 0.0511. The van der Waals surface area contributed by atoms with Crippen LogP contribution in [-0.2, 0) is 16.0 Å². The Bertz CT molecular complexity index is 1630. The molecule has 0 spiro atoms. The van der Waals surface area contributed by atoms with Gasteiger partial charge >= 0.3 is 0 Å². The SMILES string of the molecule is COc1ccc(-c2nc(-c3ccco3)n(Cc3ccc(C(=O)NCCOCCOCCN)cc3)c2-c2ccc(OC)cc2)cc1. The van der Waals surface area contributed by atoms with E-state index in [2.05, 4.69) is 9.88 Å². The number of methoxy groups -OCH3 is 2. The lowest BCUT2D eigenvalue weighted by atomic mass is 10.0. The van der Waals surface area contributed by atoms with Crippen molar-refractivity contribution in [2.45, 2.75) is 6.54 Å². The summed E-state index contributed by atoms with van der Waals surface area (Å²) in [4.78, 5) is 17.9. The molecule has 0 aliphatic carbocycles. The van der Waals surface area contributed by atoms with Gasteiger partial charge in [-0.05, 0) is 78.4 Å². The van der Waals surface area contributed by atoms with Gasteiger partial charge in [-0.25, -0.2) is 4.98 Å². The molecule has 5 rings (SSSR count). The molecule has 0 saturated carbocycles. The quantitative estimate of drug-likeness (QED) is 0.145. The second kappa shape index (κ2) is 15.7. The second-order valence-corrected chi connectivity index (χ2v) is 10.1. The Morgan fingerprint density at radius 3 is 2.07 bits per heavy atom. The summed E-state index contributed by atoms with van der Waals surface area (Å²) >= 11 is 0. The molecule has 3 N–H and O–H groups in total. The van der Waals surface area contributed by atoms with Crippen molar-refractivity contribution in [2.75, 3.05) is 53.7 Å². The summed E-state index contributed by atoms with van der Waals surface area (Å²) in [7, 11) is 3.30. The fraction of sp³-hybridized carbons (Fsp3) is 0.257. The number of ether oxygens (including phenoxy) is 4. The van der Waals surface area contributed by atoms with Crippen molar-refractivity contribution in [3.8, 4) is 45.6 Å². The third-order valence-electron chi connectivity index (χ3n) is 7.16. The summed E-state index contributed by atoms with van der Waals surface area (Å²) in [5.41, 5.74) is 10.6. The molecule has 2 heterocycles. The lowest BCUT2D eigenvalue weighted by Crippen LogP contribution is -2.27. The van der Waals surface area contributed by atoms with Crippen molar-refractivity contribution in [3.63, 3.8) is 0 Å². The van der Waals surface area contributed by atoms with Crippen LogP contribution in [0.5, 0.6) is 11.5 Å². The van der Waals surface area contributed by atoms with Crippen LogP contribution in [0.4, 0.5) is 0 Å². The molecule has 0 radical (unpaired) electrons. The first-order valence-corrected chi connectivity index (χ1v) is 14.8. The fourth-order valence-corrected chi connectivity index (χ4v) is 4.88. The maximum atomic E-state index is 12.7. The van der Waals surface area contributed by atoms with E-state index in [1.807, 2.05) is 84.9 Å². The van der Waals surface area contributed by atoms with Gasteiger partial charge in [0.15, 0.2) is 11.6 Å². The van der Waals surface area contributed by atoms with Gasteiger partial charge in [0.25, 0.3) is 5.91 Å². The zero-order valence-electron chi connectivity index (χ0n) is 25.5. The first kappa shape index (κ1) is 31.5. The minimum Gasteiger partial charge on any atom is -0.497 e. The number of rotatable bonds is 16. The molecule has 234 valence electrons. The van der Waals surface area contributed by atoms with Gasteiger partial charge in [0.1, 0.15) is 11.5 Å². The lowest BCUT2D eigenvalue weighted by Gasteiger charge is -2.14. The summed E-state index contributed by atoms with van der Waals surface area (Å²) in [6.45, 7) is 3.21. The minimum absolute atomic E-state index is 0.163. The van der Waals surface area contributed by atoms with Gasteiger partial charge in [0, 0.05) is 36.3 Å². The van der Waals surface area contributed by atoms with Crippen molar-refractivity contribution in [2.24, 2.45) is 5.73 Å². The van der Waals surface area contributed by atoms with E-state index in [4.69, 9.17) is 34.1 Å². The molecule has 10 heteroatoms. The molecule has 3 aromatic carbocycles. The van der Waals surface area contributed by atoms with Crippen LogP contribution in [0.2, 0.25) is 0 Å². The van der Waals surface area contributed by atoms with E-state index in [0.29, 0.717) is 63.2 Å². The number of aromatic nitrogens is 2. The van der Waals surface area contributed by atoms with Crippen molar-refractivity contribution < 1.29 is 28.2 Å². The van der Waals surface area contributed by atoms with Gasteiger partial charge in [0.2, 0.25) is 0 Å². The number of hydrogen-bond acceptors (Lipinski definition) is 8. The van der Waals surface area contributed by atoms with Gasteiger partial charge in [0.05, 0.1) is 58.3 Å². The Morgan fingerprint density at radius 1 is 0.822 bits per heavy atom. The predicted octanol–water partition coefficient (Wildman–Crippen LogP) is 5.26. The molecule has 0 aliphatic rings. The molecule has 0 saturated heterocycles. The van der Waals surface area contributed by atoms with Crippen LogP contribution < -0.4 is 20.5 Å². The zero-order chi connectivity index (χ0) is 31.4. The number of imidazole rings is 1. The molecule has 1 amide bonds. The van der Waals surface area contributed by atoms with Crippen molar-refractivity contribution in [1.82, 2.24) is 14.9 Å². The molecule has 0 bridgehead atoms. The normalized spacial score (nSPS) is 11.0. The van der Waals surface area contributed by atoms with Gasteiger partial charge in [-0.15, -0.1) is 0 Å². The van der Waals surface area contributed by atoms with Crippen LogP contribution in [0, 0.1) is 0 Å². The second-order valence-electron chi connectivity index (χ2n) is 10.1.